The fourth-order valence-corrected chi connectivity index (χ4v) is 0.344. The summed E-state index contributed by atoms with van der Waals surface area (Å²) in [6.45, 7) is 1.61. The van der Waals surface area contributed by atoms with Gasteiger partial charge in [-0.2, -0.15) is 0 Å². The molecule has 3 heteroatoms. The Morgan fingerprint density at radius 2 is 2.38 bits per heavy atom. The van der Waals surface area contributed by atoms with E-state index in [1.807, 2.05) is 0 Å². The predicted molar refractivity (Wildman–Crippen MR) is 31.0 cm³/mol. The van der Waals surface area contributed by atoms with E-state index >= 15 is 0 Å². The van der Waals surface area contributed by atoms with Crippen molar-refractivity contribution < 1.29 is 9.59 Å². The van der Waals surface area contributed by atoms with E-state index in [-0.39, 0.29) is 11.8 Å². The van der Waals surface area contributed by atoms with Gasteiger partial charge in [0.2, 0.25) is 0 Å². The minimum absolute atomic E-state index is 0.220. The number of ketones is 1. The van der Waals surface area contributed by atoms with Crippen molar-refractivity contribution >= 4 is 23.7 Å². The van der Waals surface area contributed by atoms with Crippen molar-refractivity contribution in [2.75, 3.05) is 5.88 Å². The van der Waals surface area contributed by atoms with Crippen LogP contribution < -0.4 is 0 Å². The monoisotopic (exact) mass is 134 g/mol. The molecule has 0 saturated carbocycles. The van der Waals surface area contributed by atoms with Crippen LogP contribution in [-0.4, -0.2) is 17.9 Å². The summed E-state index contributed by atoms with van der Waals surface area (Å²) in [5.74, 6) is -0.536. The molecule has 0 rings (SSSR count). The summed E-state index contributed by atoms with van der Waals surface area (Å²) in [4.78, 5) is 20.0. The van der Waals surface area contributed by atoms with Crippen molar-refractivity contribution in [3.05, 3.63) is 0 Å². The minimum atomic E-state index is -0.431. The van der Waals surface area contributed by atoms with Gasteiger partial charge in [-0.15, -0.1) is 11.6 Å². The highest BCUT2D eigenvalue weighted by Gasteiger charge is 2.08. The molecule has 0 fully saturated rings. The van der Waals surface area contributed by atoms with Crippen LogP contribution in [0.1, 0.15) is 6.92 Å². The second-order valence-corrected chi connectivity index (χ2v) is 1.88. The zero-order chi connectivity index (χ0) is 6.57. The standard InChI is InChI=1S/C5H7ClO2/c1-4(2-6)5(8)3-7/h3-4H,2H2,1H3. The van der Waals surface area contributed by atoms with E-state index in [4.69, 9.17) is 11.6 Å². The first-order chi connectivity index (χ1) is 3.72. The predicted octanol–water partition coefficient (Wildman–Crippen LogP) is 0.629. The van der Waals surface area contributed by atoms with Gasteiger partial charge in [0.15, 0.2) is 12.1 Å². The quantitative estimate of drug-likeness (QED) is 0.322. The third kappa shape index (κ3) is 2.07. The summed E-state index contributed by atoms with van der Waals surface area (Å²) in [6, 6.07) is 0. The molecule has 0 bridgehead atoms. The fourth-order valence-electron chi connectivity index (χ4n) is 0.192. The number of alkyl halides is 1. The summed E-state index contributed by atoms with van der Waals surface area (Å²) in [7, 11) is 0. The second-order valence-electron chi connectivity index (χ2n) is 1.58. The van der Waals surface area contributed by atoms with Crippen molar-refractivity contribution in [1.82, 2.24) is 0 Å². The Balaban J connectivity index is 3.62. The third-order valence-electron chi connectivity index (χ3n) is 0.833. The van der Waals surface area contributed by atoms with Gasteiger partial charge in [0.1, 0.15) is 0 Å². The van der Waals surface area contributed by atoms with Gasteiger partial charge in [-0.05, 0) is 0 Å². The molecule has 0 heterocycles. The topological polar surface area (TPSA) is 34.1 Å². The summed E-state index contributed by atoms with van der Waals surface area (Å²) in [6.07, 6.45) is 0.299. The van der Waals surface area contributed by atoms with Gasteiger partial charge in [0.05, 0.1) is 0 Å². The van der Waals surface area contributed by atoms with Crippen LogP contribution in [0.5, 0.6) is 0 Å². The van der Waals surface area contributed by atoms with Gasteiger partial charge in [-0.3, -0.25) is 9.59 Å². The molecule has 1 unspecified atom stereocenters. The molecule has 0 amide bonds. The maximum absolute atomic E-state index is 10.3. The van der Waals surface area contributed by atoms with E-state index < -0.39 is 5.78 Å². The van der Waals surface area contributed by atoms with Gasteiger partial charge in [0, 0.05) is 11.8 Å². The molecule has 0 aliphatic rings. The van der Waals surface area contributed by atoms with Crippen LogP contribution in [0.25, 0.3) is 0 Å². The van der Waals surface area contributed by atoms with Gasteiger partial charge in [-0.25, -0.2) is 0 Å². The van der Waals surface area contributed by atoms with E-state index in [2.05, 4.69) is 0 Å². The molecule has 46 valence electrons. The van der Waals surface area contributed by atoms with Crippen LogP contribution in [0.3, 0.4) is 0 Å². The van der Waals surface area contributed by atoms with Crippen LogP contribution in [0.2, 0.25) is 0 Å². The first-order valence-electron chi connectivity index (χ1n) is 2.27. The molecule has 1 atom stereocenters. The molecule has 0 spiro atoms. The lowest BCUT2D eigenvalue weighted by atomic mass is 10.1. The minimum Gasteiger partial charge on any atom is -0.295 e. The maximum atomic E-state index is 10.3. The van der Waals surface area contributed by atoms with Crippen molar-refractivity contribution in [2.45, 2.75) is 6.92 Å². The van der Waals surface area contributed by atoms with Gasteiger partial charge in [-0.1, -0.05) is 6.92 Å². The zero-order valence-electron chi connectivity index (χ0n) is 4.56. The highest BCUT2D eigenvalue weighted by atomic mass is 35.5. The number of Topliss-reactive ketones (excluding diaryl/α,β-unsaturated/α-hetero) is 1. The molecule has 0 saturated heterocycles. The first-order valence-corrected chi connectivity index (χ1v) is 2.80. The number of carbonyl (C=O) groups excluding carboxylic acids is 2. The number of halogens is 1. The molecular weight excluding hydrogens is 128 g/mol. The van der Waals surface area contributed by atoms with Crippen LogP contribution >= 0.6 is 11.6 Å². The molecule has 0 aromatic heterocycles. The first kappa shape index (κ1) is 7.63. The average Bonchev–Trinajstić information content (AvgIpc) is 1.84. The van der Waals surface area contributed by atoms with E-state index in [0.29, 0.717) is 6.29 Å². The lowest BCUT2D eigenvalue weighted by Crippen LogP contribution is -2.12. The van der Waals surface area contributed by atoms with Crippen molar-refractivity contribution in [1.29, 1.82) is 0 Å². The maximum Gasteiger partial charge on any atom is 0.199 e. The Hall–Kier alpha value is -0.370. The highest BCUT2D eigenvalue weighted by Crippen LogP contribution is 1.96. The summed E-state index contributed by atoms with van der Waals surface area (Å²) < 4.78 is 0. The molecule has 0 aliphatic carbocycles. The Bertz CT molecular complexity index is 101. The third-order valence-corrected chi connectivity index (χ3v) is 1.30. The van der Waals surface area contributed by atoms with E-state index in [1.165, 1.54) is 0 Å². The van der Waals surface area contributed by atoms with Crippen molar-refractivity contribution in [3.8, 4) is 0 Å². The van der Waals surface area contributed by atoms with Crippen LogP contribution in [0.15, 0.2) is 0 Å². The van der Waals surface area contributed by atoms with Crippen LogP contribution in [0.4, 0.5) is 0 Å². The van der Waals surface area contributed by atoms with Crippen molar-refractivity contribution in [3.63, 3.8) is 0 Å². The molecular formula is C5H7ClO2. The van der Waals surface area contributed by atoms with Gasteiger partial charge < -0.3 is 0 Å². The molecule has 0 radical (unpaired) electrons. The average molecular weight is 135 g/mol. The second kappa shape index (κ2) is 3.61. The number of hydrogen-bond donors (Lipinski definition) is 0. The smallest absolute Gasteiger partial charge is 0.199 e. The van der Waals surface area contributed by atoms with E-state index in [1.54, 1.807) is 6.92 Å². The summed E-state index contributed by atoms with van der Waals surface area (Å²) in [5.41, 5.74) is 0. The molecule has 0 aromatic rings. The Morgan fingerprint density at radius 3 is 2.50 bits per heavy atom. The van der Waals surface area contributed by atoms with E-state index in [9.17, 15) is 9.59 Å². The Labute approximate surface area is 52.8 Å². The SMILES string of the molecule is CC(CCl)C(=O)C=O. The summed E-state index contributed by atoms with van der Waals surface area (Å²) in [5, 5.41) is 0. The van der Waals surface area contributed by atoms with Gasteiger partial charge >= 0.3 is 0 Å². The fraction of sp³-hybridized carbons (Fsp3) is 0.600. The Morgan fingerprint density at radius 1 is 1.88 bits per heavy atom. The summed E-state index contributed by atoms with van der Waals surface area (Å²) >= 11 is 5.25. The van der Waals surface area contributed by atoms with E-state index in [0.717, 1.165) is 0 Å². The number of rotatable bonds is 3. The lowest BCUT2D eigenvalue weighted by molar-refractivity contribution is -0.131. The van der Waals surface area contributed by atoms with Crippen LogP contribution in [0, 0.1) is 5.92 Å². The molecule has 2 nitrogen and oxygen atoms in total. The molecule has 0 aliphatic heterocycles. The molecule has 0 aromatic carbocycles. The highest BCUT2D eigenvalue weighted by molar-refractivity contribution is 6.29. The number of carbonyl (C=O) groups is 2. The van der Waals surface area contributed by atoms with Crippen molar-refractivity contribution in [2.24, 2.45) is 5.92 Å². The normalized spacial score (nSPS) is 12.8. The van der Waals surface area contributed by atoms with Crippen LogP contribution in [-0.2, 0) is 9.59 Å². The number of aldehydes is 1. The van der Waals surface area contributed by atoms with Gasteiger partial charge in [0.25, 0.3) is 0 Å². The largest absolute Gasteiger partial charge is 0.295 e. The lowest BCUT2D eigenvalue weighted by Gasteiger charge is -1.95. The molecule has 0 N–H and O–H groups in total. The zero-order valence-corrected chi connectivity index (χ0v) is 5.31. The number of hydrogen-bond acceptors (Lipinski definition) is 2. The Kier molecular flexibility index (Phi) is 3.44. The molecule has 8 heavy (non-hydrogen) atoms.